The number of thioether (sulfide) groups is 1. The van der Waals surface area contributed by atoms with Crippen molar-refractivity contribution in [3.05, 3.63) is 65.5 Å². The van der Waals surface area contributed by atoms with Crippen LogP contribution in [0, 0.1) is 5.82 Å². The fourth-order valence-corrected chi connectivity index (χ4v) is 3.60. The molecule has 0 fully saturated rings. The monoisotopic (exact) mass is 343 g/mol. The Morgan fingerprint density at radius 3 is 2.75 bits per heavy atom. The van der Waals surface area contributed by atoms with Gasteiger partial charge in [-0.05, 0) is 55.3 Å². The van der Waals surface area contributed by atoms with E-state index in [0.717, 1.165) is 17.7 Å². The van der Waals surface area contributed by atoms with E-state index < -0.39 is 5.54 Å². The minimum atomic E-state index is -0.415. The number of benzene rings is 2. The summed E-state index contributed by atoms with van der Waals surface area (Å²) < 4.78 is 12.9. The third-order valence-electron chi connectivity index (χ3n) is 4.04. The minimum Gasteiger partial charge on any atom is -0.379 e. The van der Waals surface area contributed by atoms with Crippen LogP contribution in [0.2, 0.25) is 0 Å². The Labute approximate surface area is 144 Å². The lowest BCUT2D eigenvalue weighted by Gasteiger charge is -2.30. The molecule has 1 heterocycles. The summed E-state index contributed by atoms with van der Waals surface area (Å²) >= 11 is 1.55. The van der Waals surface area contributed by atoms with Gasteiger partial charge in [-0.1, -0.05) is 23.9 Å². The molecule has 0 saturated heterocycles. The maximum atomic E-state index is 12.9. The lowest BCUT2D eigenvalue weighted by molar-refractivity contribution is 0.102. The first-order valence-corrected chi connectivity index (χ1v) is 8.60. The van der Waals surface area contributed by atoms with Gasteiger partial charge in [0.1, 0.15) is 5.82 Å². The van der Waals surface area contributed by atoms with E-state index in [-0.39, 0.29) is 11.7 Å². The molecule has 24 heavy (non-hydrogen) atoms. The quantitative estimate of drug-likeness (QED) is 0.892. The predicted octanol–water partition coefficient (Wildman–Crippen LogP) is 3.74. The second-order valence-corrected chi connectivity index (χ2v) is 6.98. The number of aliphatic imine (C=N–C) groups is 1. The summed E-state index contributed by atoms with van der Waals surface area (Å²) in [6, 6.07) is 13.1. The molecule has 3 N–H and O–H groups in total. The molecule has 0 aliphatic carbocycles. The topological polar surface area (TPSA) is 67.5 Å². The van der Waals surface area contributed by atoms with Crippen LogP contribution in [-0.2, 0) is 5.54 Å². The van der Waals surface area contributed by atoms with E-state index in [4.69, 9.17) is 5.73 Å². The molecular formula is C18H18FN3OS. The molecule has 0 aromatic heterocycles. The Bertz CT molecular complexity index is 791. The summed E-state index contributed by atoms with van der Waals surface area (Å²) in [7, 11) is 0. The summed E-state index contributed by atoms with van der Waals surface area (Å²) in [5.41, 5.74) is 7.49. The number of hydrogen-bond donors (Lipinski definition) is 2. The van der Waals surface area contributed by atoms with Crippen molar-refractivity contribution in [1.29, 1.82) is 0 Å². The van der Waals surface area contributed by atoms with Crippen LogP contribution in [0.3, 0.4) is 0 Å². The number of amides is 1. The van der Waals surface area contributed by atoms with Crippen molar-refractivity contribution >= 4 is 28.5 Å². The molecular weight excluding hydrogens is 325 g/mol. The van der Waals surface area contributed by atoms with Gasteiger partial charge in [-0.3, -0.25) is 9.79 Å². The number of rotatable bonds is 3. The maximum absolute atomic E-state index is 12.9. The Morgan fingerprint density at radius 1 is 1.29 bits per heavy atom. The molecule has 1 aliphatic rings. The van der Waals surface area contributed by atoms with Gasteiger partial charge in [0, 0.05) is 17.0 Å². The number of nitrogens with two attached hydrogens (primary N) is 1. The van der Waals surface area contributed by atoms with Crippen molar-refractivity contribution in [2.24, 2.45) is 10.7 Å². The third-order valence-corrected chi connectivity index (χ3v) is 4.84. The number of anilines is 1. The normalized spacial score (nSPS) is 20.3. The Balaban J connectivity index is 1.83. The van der Waals surface area contributed by atoms with Gasteiger partial charge in [0.15, 0.2) is 5.17 Å². The molecule has 2 aromatic carbocycles. The highest BCUT2D eigenvalue weighted by molar-refractivity contribution is 8.13. The third kappa shape index (κ3) is 3.59. The zero-order chi connectivity index (χ0) is 17.2. The minimum absolute atomic E-state index is 0.241. The fourth-order valence-electron chi connectivity index (χ4n) is 2.63. The number of hydrogen-bond acceptors (Lipinski definition) is 4. The number of halogens is 1. The average Bonchev–Trinajstić information content (AvgIpc) is 2.57. The first kappa shape index (κ1) is 16.5. The summed E-state index contributed by atoms with van der Waals surface area (Å²) in [5, 5.41) is 3.34. The standard InChI is InChI=1S/C18H18FN3OS/c1-18(9-10-24-17(20)22-18)13-4-2-3-12(11-13)16(23)21-15-7-5-14(19)6-8-15/h2-8,11H,9-10H2,1H3,(H2,20,22)(H,21,23). The molecule has 1 atom stereocenters. The molecule has 1 amide bonds. The van der Waals surface area contributed by atoms with Crippen molar-refractivity contribution < 1.29 is 9.18 Å². The maximum Gasteiger partial charge on any atom is 0.255 e. The number of carbonyl (C=O) groups is 1. The first-order chi connectivity index (χ1) is 11.5. The molecule has 1 aliphatic heterocycles. The highest BCUT2D eigenvalue weighted by Gasteiger charge is 2.29. The number of nitrogens with zero attached hydrogens (tertiary/aromatic N) is 1. The van der Waals surface area contributed by atoms with E-state index in [1.807, 2.05) is 25.1 Å². The summed E-state index contributed by atoms with van der Waals surface area (Å²) in [4.78, 5) is 17.0. The number of carbonyl (C=O) groups excluding carboxylic acids is 1. The van der Waals surface area contributed by atoms with E-state index in [2.05, 4.69) is 10.3 Å². The highest BCUT2D eigenvalue weighted by Crippen LogP contribution is 2.35. The highest BCUT2D eigenvalue weighted by atomic mass is 32.2. The van der Waals surface area contributed by atoms with Gasteiger partial charge in [0.05, 0.1) is 5.54 Å². The van der Waals surface area contributed by atoms with E-state index in [9.17, 15) is 9.18 Å². The van der Waals surface area contributed by atoms with Gasteiger partial charge in [0.25, 0.3) is 5.91 Å². The zero-order valence-electron chi connectivity index (χ0n) is 13.3. The van der Waals surface area contributed by atoms with Crippen LogP contribution >= 0.6 is 11.8 Å². The number of amidine groups is 1. The molecule has 124 valence electrons. The van der Waals surface area contributed by atoms with Crippen LogP contribution in [-0.4, -0.2) is 16.8 Å². The van der Waals surface area contributed by atoms with E-state index in [0.29, 0.717) is 16.4 Å². The Morgan fingerprint density at radius 2 is 2.04 bits per heavy atom. The second kappa shape index (κ2) is 6.65. The first-order valence-electron chi connectivity index (χ1n) is 7.62. The van der Waals surface area contributed by atoms with E-state index in [1.54, 1.807) is 17.8 Å². The second-order valence-electron chi connectivity index (χ2n) is 5.86. The van der Waals surface area contributed by atoms with Gasteiger partial charge in [0.2, 0.25) is 0 Å². The molecule has 0 saturated carbocycles. The van der Waals surface area contributed by atoms with Gasteiger partial charge < -0.3 is 11.1 Å². The molecule has 0 bridgehead atoms. The van der Waals surface area contributed by atoms with E-state index in [1.165, 1.54) is 24.3 Å². The lowest BCUT2D eigenvalue weighted by Crippen LogP contribution is -2.29. The Hall–Kier alpha value is -2.34. The van der Waals surface area contributed by atoms with Crippen molar-refractivity contribution in [1.82, 2.24) is 0 Å². The number of nitrogens with one attached hydrogen (secondary N) is 1. The summed E-state index contributed by atoms with van der Waals surface area (Å²) in [6.07, 6.45) is 0.863. The van der Waals surface area contributed by atoms with Crippen LogP contribution in [0.25, 0.3) is 0 Å². The molecule has 1 unspecified atom stereocenters. The smallest absolute Gasteiger partial charge is 0.255 e. The molecule has 2 aromatic rings. The SMILES string of the molecule is CC1(c2cccc(C(=O)Nc3ccc(F)cc3)c2)CCSC(N)=N1. The van der Waals surface area contributed by atoms with Crippen LogP contribution < -0.4 is 11.1 Å². The van der Waals surface area contributed by atoms with Crippen LogP contribution in [0.15, 0.2) is 53.5 Å². The van der Waals surface area contributed by atoms with Gasteiger partial charge >= 0.3 is 0 Å². The van der Waals surface area contributed by atoms with Crippen molar-refractivity contribution in [3.8, 4) is 0 Å². The molecule has 4 nitrogen and oxygen atoms in total. The van der Waals surface area contributed by atoms with Crippen molar-refractivity contribution in [2.75, 3.05) is 11.1 Å². The summed E-state index contributed by atoms with van der Waals surface area (Å²) in [5.74, 6) is 0.320. The van der Waals surface area contributed by atoms with Crippen LogP contribution in [0.1, 0.15) is 29.3 Å². The molecule has 3 rings (SSSR count). The van der Waals surface area contributed by atoms with Gasteiger partial charge in [-0.2, -0.15) is 0 Å². The zero-order valence-corrected chi connectivity index (χ0v) is 14.1. The largest absolute Gasteiger partial charge is 0.379 e. The molecule has 0 spiro atoms. The van der Waals surface area contributed by atoms with E-state index >= 15 is 0 Å². The Kier molecular flexibility index (Phi) is 4.57. The predicted molar refractivity (Wildman–Crippen MR) is 96.8 cm³/mol. The lowest BCUT2D eigenvalue weighted by atomic mass is 9.88. The van der Waals surface area contributed by atoms with Gasteiger partial charge in [-0.15, -0.1) is 0 Å². The average molecular weight is 343 g/mol. The van der Waals surface area contributed by atoms with Crippen molar-refractivity contribution in [2.45, 2.75) is 18.9 Å². The van der Waals surface area contributed by atoms with Gasteiger partial charge in [-0.25, -0.2) is 4.39 Å². The van der Waals surface area contributed by atoms with Crippen LogP contribution in [0.4, 0.5) is 10.1 Å². The molecule has 0 radical (unpaired) electrons. The van der Waals surface area contributed by atoms with Crippen LogP contribution in [0.5, 0.6) is 0 Å². The summed E-state index contributed by atoms with van der Waals surface area (Å²) in [6.45, 7) is 2.02. The fraction of sp³-hybridized carbons (Fsp3) is 0.222. The van der Waals surface area contributed by atoms with Crippen molar-refractivity contribution in [3.63, 3.8) is 0 Å². The molecule has 6 heteroatoms.